The molecule has 0 radical (unpaired) electrons. The molecule has 20 heavy (non-hydrogen) atoms. The standard InChI is InChI=1S/C14H22N4O2/c1-14(2,3)20-13(19)18-9-4-6-11(10-18)17-12-15-7-5-8-16-12/h5,7-8,11H,4,6,9-10H2,1-3H3,(H,15,16,17)/t11-/m1/s1. The van der Waals surface area contributed by atoms with Crippen molar-refractivity contribution in [2.75, 3.05) is 18.4 Å². The summed E-state index contributed by atoms with van der Waals surface area (Å²) in [7, 11) is 0. The van der Waals surface area contributed by atoms with Crippen molar-refractivity contribution >= 4 is 12.0 Å². The number of piperidine rings is 1. The third kappa shape index (κ3) is 4.36. The summed E-state index contributed by atoms with van der Waals surface area (Å²) in [5.41, 5.74) is -0.458. The van der Waals surface area contributed by atoms with E-state index in [0.717, 1.165) is 19.4 Å². The predicted molar refractivity (Wildman–Crippen MR) is 76.5 cm³/mol. The van der Waals surface area contributed by atoms with E-state index in [2.05, 4.69) is 15.3 Å². The Hall–Kier alpha value is -1.85. The Bertz CT molecular complexity index is 444. The summed E-state index contributed by atoms with van der Waals surface area (Å²) in [6, 6.07) is 1.94. The maximum Gasteiger partial charge on any atom is 0.410 e. The van der Waals surface area contributed by atoms with E-state index in [0.29, 0.717) is 12.5 Å². The molecule has 2 heterocycles. The lowest BCUT2D eigenvalue weighted by molar-refractivity contribution is 0.0206. The van der Waals surface area contributed by atoms with E-state index >= 15 is 0 Å². The number of rotatable bonds is 2. The fourth-order valence-electron chi connectivity index (χ4n) is 2.14. The molecule has 1 aromatic heterocycles. The minimum Gasteiger partial charge on any atom is -0.444 e. The van der Waals surface area contributed by atoms with Gasteiger partial charge in [0.05, 0.1) is 0 Å². The predicted octanol–water partition coefficient (Wildman–Crippen LogP) is 2.29. The van der Waals surface area contributed by atoms with E-state index in [1.165, 1.54) is 0 Å². The summed E-state index contributed by atoms with van der Waals surface area (Å²) < 4.78 is 5.40. The average Bonchev–Trinajstić information content (AvgIpc) is 2.38. The summed E-state index contributed by atoms with van der Waals surface area (Å²) in [5.74, 6) is 0.600. The molecule has 0 aliphatic carbocycles. The van der Waals surface area contributed by atoms with Crippen LogP contribution in [0.5, 0.6) is 0 Å². The zero-order valence-corrected chi connectivity index (χ0v) is 12.3. The van der Waals surface area contributed by atoms with Gasteiger partial charge in [0.25, 0.3) is 0 Å². The first-order valence-electron chi connectivity index (χ1n) is 6.95. The van der Waals surface area contributed by atoms with Crippen LogP contribution in [0, 0.1) is 0 Å². The van der Waals surface area contributed by atoms with E-state index in [1.807, 2.05) is 20.8 Å². The third-order valence-corrected chi connectivity index (χ3v) is 2.97. The molecule has 0 bridgehead atoms. The van der Waals surface area contributed by atoms with Crippen LogP contribution in [0.2, 0.25) is 0 Å². The van der Waals surface area contributed by atoms with Crippen molar-refractivity contribution in [2.24, 2.45) is 0 Å². The summed E-state index contributed by atoms with van der Waals surface area (Å²) in [6.45, 7) is 6.99. The zero-order chi connectivity index (χ0) is 14.6. The van der Waals surface area contributed by atoms with Crippen LogP contribution in [-0.2, 0) is 4.74 Å². The summed E-state index contributed by atoms with van der Waals surface area (Å²) in [5, 5.41) is 3.26. The minimum absolute atomic E-state index is 0.165. The maximum atomic E-state index is 12.1. The highest BCUT2D eigenvalue weighted by molar-refractivity contribution is 5.68. The van der Waals surface area contributed by atoms with Gasteiger partial charge < -0.3 is 15.0 Å². The van der Waals surface area contributed by atoms with Gasteiger partial charge in [-0.1, -0.05) is 0 Å². The van der Waals surface area contributed by atoms with Crippen molar-refractivity contribution in [2.45, 2.75) is 45.3 Å². The summed E-state index contributed by atoms with van der Waals surface area (Å²) in [6.07, 6.45) is 5.09. The molecule has 0 unspecified atom stereocenters. The van der Waals surface area contributed by atoms with Crippen LogP contribution in [0.15, 0.2) is 18.5 Å². The second-order valence-corrected chi connectivity index (χ2v) is 5.98. The van der Waals surface area contributed by atoms with Gasteiger partial charge in [0, 0.05) is 31.5 Å². The first-order valence-corrected chi connectivity index (χ1v) is 6.95. The van der Waals surface area contributed by atoms with Crippen LogP contribution >= 0.6 is 0 Å². The Morgan fingerprint density at radius 1 is 1.40 bits per heavy atom. The highest BCUT2D eigenvalue weighted by Gasteiger charge is 2.27. The lowest BCUT2D eigenvalue weighted by atomic mass is 10.1. The third-order valence-electron chi connectivity index (χ3n) is 2.97. The fraction of sp³-hybridized carbons (Fsp3) is 0.643. The van der Waals surface area contributed by atoms with Gasteiger partial charge in [0.1, 0.15) is 5.60 Å². The SMILES string of the molecule is CC(C)(C)OC(=O)N1CCC[C@@H](Nc2ncccn2)C1. The number of hydrogen-bond acceptors (Lipinski definition) is 5. The van der Waals surface area contributed by atoms with E-state index in [1.54, 1.807) is 23.4 Å². The number of likely N-dealkylation sites (tertiary alicyclic amines) is 1. The molecular formula is C14H22N4O2. The van der Waals surface area contributed by atoms with Gasteiger partial charge in [-0.2, -0.15) is 0 Å². The van der Waals surface area contributed by atoms with E-state index < -0.39 is 5.60 Å². The Morgan fingerprint density at radius 2 is 2.10 bits per heavy atom. The van der Waals surface area contributed by atoms with Crippen LogP contribution in [0.4, 0.5) is 10.7 Å². The molecule has 1 amide bonds. The largest absolute Gasteiger partial charge is 0.444 e. The molecule has 2 rings (SSSR count). The van der Waals surface area contributed by atoms with E-state index in [4.69, 9.17) is 4.74 Å². The monoisotopic (exact) mass is 278 g/mol. The maximum absolute atomic E-state index is 12.1. The molecule has 6 nitrogen and oxygen atoms in total. The molecule has 0 saturated carbocycles. The Kier molecular flexibility index (Phi) is 4.42. The lowest BCUT2D eigenvalue weighted by Gasteiger charge is -2.34. The Labute approximate surface area is 119 Å². The van der Waals surface area contributed by atoms with Crippen molar-refractivity contribution in [3.63, 3.8) is 0 Å². The van der Waals surface area contributed by atoms with Crippen LogP contribution in [0.1, 0.15) is 33.6 Å². The molecule has 110 valence electrons. The number of amides is 1. The van der Waals surface area contributed by atoms with Crippen molar-refractivity contribution in [1.29, 1.82) is 0 Å². The number of nitrogens with zero attached hydrogens (tertiary/aromatic N) is 3. The van der Waals surface area contributed by atoms with Gasteiger partial charge in [-0.25, -0.2) is 14.8 Å². The smallest absolute Gasteiger partial charge is 0.410 e. The minimum atomic E-state index is -0.458. The van der Waals surface area contributed by atoms with Gasteiger partial charge in [0.15, 0.2) is 0 Å². The van der Waals surface area contributed by atoms with Crippen LogP contribution in [0.3, 0.4) is 0 Å². The van der Waals surface area contributed by atoms with Gasteiger partial charge in [-0.05, 0) is 39.7 Å². The van der Waals surface area contributed by atoms with Gasteiger partial charge in [-0.3, -0.25) is 0 Å². The average molecular weight is 278 g/mol. The highest BCUT2D eigenvalue weighted by Crippen LogP contribution is 2.17. The van der Waals surface area contributed by atoms with Crippen molar-refractivity contribution in [3.8, 4) is 0 Å². The number of aromatic nitrogens is 2. The molecule has 1 aliphatic heterocycles. The van der Waals surface area contributed by atoms with E-state index in [9.17, 15) is 4.79 Å². The summed E-state index contributed by atoms with van der Waals surface area (Å²) in [4.78, 5) is 22.1. The molecule has 6 heteroatoms. The van der Waals surface area contributed by atoms with Crippen molar-refractivity contribution < 1.29 is 9.53 Å². The second-order valence-electron chi connectivity index (χ2n) is 5.98. The molecular weight excluding hydrogens is 256 g/mol. The van der Waals surface area contributed by atoms with Gasteiger partial charge >= 0.3 is 6.09 Å². The molecule has 1 fully saturated rings. The zero-order valence-electron chi connectivity index (χ0n) is 12.3. The molecule has 1 N–H and O–H groups in total. The molecule has 0 spiro atoms. The van der Waals surface area contributed by atoms with Crippen LogP contribution in [-0.4, -0.2) is 45.7 Å². The van der Waals surface area contributed by atoms with Crippen LogP contribution in [0.25, 0.3) is 0 Å². The number of anilines is 1. The molecule has 1 aliphatic rings. The molecule has 1 aromatic rings. The first kappa shape index (κ1) is 14.6. The van der Waals surface area contributed by atoms with Crippen LogP contribution < -0.4 is 5.32 Å². The normalized spacial score (nSPS) is 19.6. The number of hydrogen-bond donors (Lipinski definition) is 1. The number of carbonyl (C=O) groups is 1. The topological polar surface area (TPSA) is 67.3 Å². The highest BCUT2D eigenvalue weighted by atomic mass is 16.6. The van der Waals surface area contributed by atoms with Crippen molar-refractivity contribution in [3.05, 3.63) is 18.5 Å². The van der Waals surface area contributed by atoms with Gasteiger partial charge in [0.2, 0.25) is 5.95 Å². The second kappa shape index (κ2) is 6.07. The van der Waals surface area contributed by atoms with Crippen molar-refractivity contribution in [1.82, 2.24) is 14.9 Å². The molecule has 1 saturated heterocycles. The molecule has 1 atom stereocenters. The lowest BCUT2D eigenvalue weighted by Crippen LogP contribution is -2.47. The number of ether oxygens (including phenoxy) is 1. The first-order chi connectivity index (χ1) is 9.44. The Morgan fingerprint density at radius 3 is 2.75 bits per heavy atom. The Balaban J connectivity index is 1.90. The number of carbonyl (C=O) groups excluding carboxylic acids is 1. The number of nitrogens with one attached hydrogen (secondary N) is 1. The quantitative estimate of drug-likeness (QED) is 0.899. The van der Waals surface area contributed by atoms with E-state index in [-0.39, 0.29) is 12.1 Å². The summed E-state index contributed by atoms with van der Waals surface area (Å²) >= 11 is 0. The fourth-order valence-corrected chi connectivity index (χ4v) is 2.14. The van der Waals surface area contributed by atoms with Gasteiger partial charge in [-0.15, -0.1) is 0 Å². The molecule has 0 aromatic carbocycles.